The molecule has 0 fully saturated rings. The number of thiophene rings is 1. The summed E-state index contributed by atoms with van der Waals surface area (Å²) in [6, 6.07) is 2.19. The average molecular weight is 298 g/mol. The highest BCUT2D eigenvalue weighted by molar-refractivity contribution is 9.10. The molecule has 0 saturated heterocycles. The molecule has 1 rings (SSSR count). The highest BCUT2D eigenvalue weighted by atomic mass is 79.9. The molecule has 0 amide bonds. The Morgan fingerprint density at radius 2 is 2.36 bits per heavy atom. The molecule has 1 aromatic heterocycles. The van der Waals surface area contributed by atoms with E-state index in [4.69, 9.17) is 0 Å². The van der Waals surface area contributed by atoms with Crippen molar-refractivity contribution in [2.24, 2.45) is 0 Å². The van der Waals surface area contributed by atoms with Crippen molar-refractivity contribution in [2.75, 3.05) is 0 Å². The molecule has 0 aliphatic rings. The smallest absolute Gasteiger partial charge is 0.0285 e. The number of rotatable bonds is 3. The van der Waals surface area contributed by atoms with Crippen molar-refractivity contribution in [1.29, 1.82) is 0 Å². The predicted octanol–water partition coefficient (Wildman–Crippen LogP) is 4.23. The maximum atomic E-state index is 3.53. The highest BCUT2D eigenvalue weighted by Gasteiger charge is 1.99. The van der Waals surface area contributed by atoms with Crippen molar-refractivity contribution in [2.45, 2.75) is 24.6 Å². The van der Waals surface area contributed by atoms with Crippen LogP contribution in [-0.4, -0.2) is 4.83 Å². The Kier molecular flexibility index (Phi) is 4.10. The van der Waals surface area contributed by atoms with E-state index in [1.807, 2.05) is 11.3 Å². The van der Waals surface area contributed by atoms with Crippen molar-refractivity contribution in [3.63, 3.8) is 0 Å². The summed E-state index contributed by atoms with van der Waals surface area (Å²) in [6.45, 7) is 2.18. The molecular formula is C8H10Br2S. The largest absolute Gasteiger partial charge is 0.148 e. The molecule has 0 radical (unpaired) electrons. The normalized spacial score (nSPS) is 13.4. The van der Waals surface area contributed by atoms with Gasteiger partial charge in [-0.2, -0.15) is 0 Å². The van der Waals surface area contributed by atoms with Crippen LogP contribution in [0, 0.1) is 0 Å². The van der Waals surface area contributed by atoms with E-state index >= 15 is 0 Å². The first kappa shape index (κ1) is 9.75. The van der Waals surface area contributed by atoms with Gasteiger partial charge in [-0.3, -0.25) is 0 Å². The lowest BCUT2D eigenvalue weighted by Gasteiger charge is -1.98. The van der Waals surface area contributed by atoms with Gasteiger partial charge in [-0.05, 0) is 34.8 Å². The van der Waals surface area contributed by atoms with Crippen LogP contribution in [0.2, 0.25) is 0 Å². The summed E-state index contributed by atoms with van der Waals surface area (Å²) in [6.07, 6.45) is 2.40. The van der Waals surface area contributed by atoms with Crippen LogP contribution in [0.3, 0.4) is 0 Å². The van der Waals surface area contributed by atoms with Crippen molar-refractivity contribution in [1.82, 2.24) is 0 Å². The van der Waals surface area contributed by atoms with Gasteiger partial charge in [0.2, 0.25) is 0 Å². The van der Waals surface area contributed by atoms with Gasteiger partial charge in [0, 0.05) is 19.6 Å². The van der Waals surface area contributed by atoms with Crippen molar-refractivity contribution in [3.8, 4) is 0 Å². The van der Waals surface area contributed by atoms with E-state index in [1.54, 1.807) is 0 Å². The van der Waals surface area contributed by atoms with E-state index in [9.17, 15) is 0 Å². The van der Waals surface area contributed by atoms with Crippen molar-refractivity contribution < 1.29 is 0 Å². The van der Waals surface area contributed by atoms with E-state index in [1.165, 1.54) is 22.2 Å². The SMILES string of the molecule is CC(Br)CCc1cc(Br)cs1. The van der Waals surface area contributed by atoms with Gasteiger partial charge in [-0.15, -0.1) is 11.3 Å². The summed E-state index contributed by atoms with van der Waals surface area (Å²) in [5, 5.41) is 2.13. The summed E-state index contributed by atoms with van der Waals surface area (Å²) < 4.78 is 1.21. The van der Waals surface area contributed by atoms with Crippen LogP contribution >= 0.6 is 43.2 Å². The number of aryl methyl sites for hydroxylation is 1. The van der Waals surface area contributed by atoms with E-state index in [0.29, 0.717) is 4.83 Å². The highest BCUT2D eigenvalue weighted by Crippen LogP contribution is 2.22. The molecule has 0 saturated carbocycles. The third-order valence-electron chi connectivity index (χ3n) is 1.41. The topological polar surface area (TPSA) is 0 Å². The average Bonchev–Trinajstić information content (AvgIpc) is 2.31. The number of hydrogen-bond donors (Lipinski definition) is 0. The molecule has 1 heterocycles. The second-order valence-electron chi connectivity index (χ2n) is 2.55. The van der Waals surface area contributed by atoms with Gasteiger partial charge in [-0.1, -0.05) is 22.9 Å². The molecule has 0 spiro atoms. The minimum Gasteiger partial charge on any atom is -0.148 e. The first-order chi connectivity index (χ1) is 5.18. The quantitative estimate of drug-likeness (QED) is 0.733. The minimum absolute atomic E-state index is 0.628. The molecule has 0 N–H and O–H groups in total. The zero-order valence-corrected chi connectivity index (χ0v) is 10.3. The molecule has 0 aliphatic heterocycles. The Morgan fingerprint density at radius 3 is 2.82 bits per heavy atom. The van der Waals surface area contributed by atoms with Crippen molar-refractivity contribution in [3.05, 3.63) is 20.8 Å². The second kappa shape index (κ2) is 4.63. The summed E-state index contributed by atoms with van der Waals surface area (Å²) >= 11 is 8.79. The molecule has 0 aliphatic carbocycles. The molecule has 0 nitrogen and oxygen atoms in total. The molecule has 3 heteroatoms. The van der Waals surface area contributed by atoms with Gasteiger partial charge in [0.05, 0.1) is 0 Å². The van der Waals surface area contributed by atoms with E-state index in [0.717, 1.165) is 0 Å². The van der Waals surface area contributed by atoms with Crippen LogP contribution in [0.15, 0.2) is 15.9 Å². The van der Waals surface area contributed by atoms with Crippen LogP contribution in [0.5, 0.6) is 0 Å². The lowest BCUT2D eigenvalue weighted by molar-refractivity contribution is 0.832. The van der Waals surface area contributed by atoms with Crippen LogP contribution in [-0.2, 0) is 6.42 Å². The van der Waals surface area contributed by atoms with Gasteiger partial charge in [0.1, 0.15) is 0 Å². The maximum Gasteiger partial charge on any atom is 0.0285 e. The molecule has 1 aromatic rings. The first-order valence-electron chi connectivity index (χ1n) is 3.55. The van der Waals surface area contributed by atoms with Crippen LogP contribution in [0.1, 0.15) is 18.2 Å². The fourth-order valence-corrected chi connectivity index (χ4v) is 2.53. The fourth-order valence-electron chi connectivity index (χ4n) is 0.826. The second-order valence-corrected chi connectivity index (χ2v) is 6.03. The monoisotopic (exact) mass is 296 g/mol. The zero-order valence-electron chi connectivity index (χ0n) is 6.31. The van der Waals surface area contributed by atoms with Crippen molar-refractivity contribution >= 4 is 43.2 Å². The standard InChI is InChI=1S/C8H10Br2S/c1-6(9)2-3-8-4-7(10)5-11-8/h4-6H,2-3H2,1H3. The molecule has 1 atom stereocenters. The molecule has 1 unspecified atom stereocenters. The molecular weight excluding hydrogens is 288 g/mol. The Bertz CT molecular complexity index is 218. The molecule has 11 heavy (non-hydrogen) atoms. The van der Waals surface area contributed by atoms with E-state index in [2.05, 4.69) is 50.2 Å². The van der Waals surface area contributed by atoms with Crippen LogP contribution < -0.4 is 0 Å². The molecule has 0 aromatic carbocycles. The number of alkyl halides is 1. The number of halogens is 2. The Morgan fingerprint density at radius 1 is 1.64 bits per heavy atom. The Balaban J connectivity index is 2.39. The summed E-state index contributed by atoms with van der Waals surface area (Å²) in [5.41, 5.74) is 0. The maximum absolute atomic E-state index is 3.53. The third-order valence-corrected chi connectivity index (χ3v) is 3.63. The minimum atomic E-state index is 0.628. The third kappa shape index (κ3) is 3.72. The van der Waals surface area contributed by atoms with E-state index in [-0.39, 0.29) is 0 Å². The van der Waals surface area contributed by atoms with E-state index < -0.39 is 0 Å². The lowest BCUT2D eigenvalue weighted by atomic mass is 10.2. The predicted molar refractivity (Wildman–Crippen MR) is 58.7 cm³/mol. The summed E-state index contributed by atoms with van der Waals surface area (Å²) in [5.74, 6) is 0. The van der Waals surface area contributed by atoms with Gasteiger partial charge in [0.25, 0.3) is 0 Å². The van der Waals surface area contributed by atoms with Gasteiger partial charge in [0.15, 0.2) is 0 Å². The Labute approximate surface area is 88.3 Å². The number of hydrogen-bond acceptors (Lipinski definition) is 1. The lowest BCUT2D eigenvalue weighted by Crippen LogP contribution is -1.91. The summed E-state index contributed by atoms with van der Waals surface area (Å²) in [7, 11) is 0. The first-order valence-corrected chi connectivity index (χ1v) is 6.14. The van der Waals surface area contributed by atoms with Gasteiger partial charge < -0.3 is 0 Å². The summed E-state index contributed by atoms with van der Waals surface area (Å²) in [4.78, 5) is 2.09. The zero-order chi connectivity index (χ0) is 8.27. The Hall–Kier alpha value is 0.660. The fraction of sp³-hybridized carbons (Fsp3) is 0.500. The van der Waals surface area contributed by atoms with Crippen LogP contribution in [0.4, 0.5) is 0 Å². The van der Waals surface area contributed by atoms with Crippen LogP contribution in [0.25, 0.3) is 0 Å². The van der Waals surface area contributed by atoms with Gasteiger partial charge in [-0.25, -0.2) is 0 Å². The molecule has 62 valence electrons. The van der Waals surface area contributed by atoms with Gasteiger partial charge >= 0.3 is 0 Å². The molecule has 0 bridgehead atoms.